The summed E-state index contributed by atoms with van der Waals surface area (Å²) in [7, 11) is -7.70. The summed E-state index contributed by atoms with van der Waals surface area (Å²) in [5, 5.41) is 13.3. The fourth-order valence-electron chi connectivity index (χ4n) is 1.45. The lowest BCUT2D eigenvalue weighted by molar-refractivity contribution is -0.134. The smallest absolute Gasteiger partial charge is 0.320 e. The Hall–Kier alpha value is -0.750. The number of nitrogens with two attached hydrogens (primary N) is 1. The van der Waals surface area contributed by atoms with Gasteiger partial charge in [-0.3, -0.25) is 4.79 Å². The number of carboxylic acids is 1. The highest BCUT2D eigenvalue weighted by molar-refractivity contribution is 7.89. The van der Waals surface area contributed by atoms with Gasteiger partial charge >= 0.3 is 5.97 Å². The number of carbonyl (C=O) groups is 1. The van der Waals surface area contributed by atoms with Crippen LogP contribution in [0.15, 0.2) is 0 Å². The number of hydrogen-bond donors (Lipinski definition) is 2. The van der Waals surface area contributed by atoms with Crippen molar-refractivity contribution in [1.29, 1.82) is 0 Å². The summed E-state index contributed by atoms with van der Waals surface area (Å²) < 4.78 is 46.8. The molecule has 1 saturated heterocycles. The summed E-state index contributed by atoms with van der Waals surface area (Å²) >= 11 is 0. The molecule has 1 aliphatic rings. The van der Waals surface area contributed by atoms with Crippen LogP contribution in [-0.4, -0.2) is 68.5 Å². The maximum absolute atomic E-state index is 11.5. The maximum atomic E-state index is 11.5. The minimum absolute atomic E-state index is 0.0717. The van der Waals surface area contributed by atoms with E-state index in [9.17, 15) is 21.6 Å². The van der Waals surface area contributed by atoms with Crippen LogP contribution in [0.3, 0.4) is 0 Å². The third-order valence-electron chi connectivity index (χ3n) is 2.26. The third-order valence-corrected chi connectivity index (χ3v) is 5.11. The predicted octanol–water partition coefficient (Wildman–Crippen LogP) is -2.78. The van der Waals surface area contributed by atoms with Crippen LogP contribution in [0.25, 0.3) is 0 Å². The van der Waals surface area contributed by atoms with Gasteiger partial charge in [0, 0.05) is 26.2 Å². The molecular formula is C6H13N3O6S2. The number of rotatable bonds is 4. The van der Waals surface area contributed by atoms with Gasteiger partial charge in [-0.15, -0.1) is 0 Å². The Morgan fingerprint density at radius 1 is 1.06 bits per heavy atom. The van der Waals surface area contributed by atoms with Crippen LogP contribution in [0.2, 0.25) is 0 Å². The maximum Gasteiger partial charge on any atom is 0.320 e. The molecule has 0 unspecified atom stereocenters. The van der Waals surface area contributed by atoms with Gasteiger partial charge in [-0.05, 0) is 0 Å². The molecule has 0 saturated carbocycles. The first-order chi connectivity index (χ1) is 7.63. The number of aliphatic carboxylic acids is 1. The topological polar surface area (TPSA) is 138 Å². The van der Waals surface area contributed by atoms with Crippen LogP contribution in [0.4, 0.5) is 0 Å². The van der Waals surface area contributed by atoms with Crippen molar-refractivity contribution in [2.24, 2.45) is 5.14 Å². The fourth-order valence-corrected chi connectivity index (χ4v) is 3.34. The van der Waals surface area contributed by atoms with E-state index in [4.69, 9.17) is 10.2 Å². The Morgan fingerprint density at radius 3 is 1.82 bits per heavy atom. The van der Waals surface area contributed by atoms with Crippen molar-refractivity contribution in [3.63, 3.8) is 0 Å². The van der Waals surface area contributed by atoms with E-state index in [0.717, 1.165) is 8.61 Å². The summed E-state index contributed by atoms with van der Waals surface area (Å²) in [6.45, 7) is -0.326. The zero-order valence-corrected chi connectivity index (χ0v) is 10.4. The molecule has 0 aromatic heterocycles. The van der Waals surface area contributed by atoms with Crippen LogP contribution in [0.5, 0.6) is 0 Å². The van der Waals surface area contributed by atoms with Crippen LogP contribution in [-0.2, 0) is 25.0 Å². The number of piperazine rings is 1. The van der Waals surface area contributed by atoms with Gasteiger partial charge in [-0.1, -0.05) is 0 Å². The second-order valence-corrected chi connectivity index (χ2v) is 7.01. The second kappa shape index (κ2) is 4.86. The van der Waals surface area contributed by atoms with E-state index in [1.807, 2.05) is 0 Å². The van der Waals surface area contributed by atoms with Gasteiger partial charge in [0.1, 0.15) is 0 Å². The molecule has 0 radical (unpaired) electrons. The first kappa shape index (κ1) is 14.3. The molecule has 1 fully saturated rings. The molecule has 0 atom stereocenters. The van der Waals surface area contributed by atoms with E-state index in [1.165, 1.54) is 0 Å². The minimum Gasteiger partial charge on any atom is -0.480 e. The summed E-state index contributed by atoms with van der Waals surface area (Å²) in [5.41, 5.74) is 0. The van der Waals surface area contributed by atoms with E-state index in [-0.39, 0.29) is 26.2 Å². The minimum atomic E-state index is -3.88. The molecule has 9 nitrogen and oxygen atoms in total. The SMILES string of the molecule is NS(=O)(=O)N1CCN(S(=O)(=O)CC(=O)O)CC1. The van der Waals surface area contributed by atoms with Gasteiger partial charge < -0.3 is 5.11 Å². The lowest BCUT2D eigenvalue weighted by Crippen LogP contribution is -2.52. The lowest BCUT2D eigenvalue weighted by Gasteiger charge is -2.31. The van der Waals surface area contributed by atoms with Crippen molar-refractivity contribution in [2.45, 2.75) is 0 Å². The zero-order chi connectivity index (χ0) is 13.3. The monoisotopic (exact) mass is 287 g/mol. The molecule has 0 aromatic carbocycles. The van der Waals surface area contributed by atoms with Crippen molar-refractivity contribution >= 4 is 26.2 Å². The standard InChI is InChI=1S/C6H13N3O6S2/c7-17(14,15)9-3-1-8(2-4-9)16(12,13)5-6(10)11/h1-5H2,(H,10,11)(H2,7,14,15). The van der Waals surface area contributed by atoms with Crippen molar-refractivity contribution in [2.75, 3.05) is 31.9 Å². The molecule has 0 aliphatic carbocycles. The van der Waals surface area contributed by atoms with Crippen LogP contribution >= 0.6 is 0 Å². The molecule has 0 bridgehead atoms. The molecule has 1 heterocycles. The molecule has 1 aliphatic heterocycles. The average molecular weight is 287 g/mol. The van der Waals surface area contributed by atoms with E-state index in [2.05, 4.69) is 0 Å². The Morgan fingerprint density at radius 2 is 1.47 bits per heavy atom. The molecule has 100 valence electrons. The average Bonchev–Trinajstić information content (AvgIpc) is 2.14. The molecule has 3 N–H and O–H groups in total. The third kappa shape index (κ3) is 3.89. The van der Waals surface area contributed by atoms with E-state index in [1.54, 1.807) is 0 Å². The highest BCUT2D eigenvalue weighted by atomic mass is 32.2. The summed E-state index contributed by atoms with van der Waals surface area (Å²) in [4.78, 5) is 10.3. The number of nitrogens with zero attached hydrogens (tertiary/aromatic N) is 2. The summed E-state index contributed by atoms with van der Waals surface area (Å²) in [6.07, 6.45) is 0. The van der Waals surface area contributed by atoms with E-state index < -0.39 is 32.0 Å². The van der Waals surface area contributed by atoms with Crippen molar-refractivity contribution < 1.29 is 26.7 Å². The number of carboxylic acid groups (broad SMARTS) is 1. The van der Waals surface area contributed by atoms with Crippen LogP contribution in [0.1, 0.15) is 0 Å². The summed E-state index contributed by atoms with van der Waals surface area (Å²) in [5.74, 6) is -2.44. The van der Waals surface area contributed by atoms with Gasteiger partial charge in [-0.25, -0.2) is 13.6 Å². The fraction of sp³-hybridized carbons (Fsp3) is 0.833. The number of sulfonamides is 1. The Labute approximate surface area is 99.0 Å². The highest BCUT2D eigenvalue weighted by Crippen LogP contribution is 2.09. The molecule has 0 spiro atoms. The first-order valence-electron chi connectivity index (χ1n) is 4.60. The predicted molar refractivity (Wildman–Crippen MR) is 57.7 cm³/mol. The van der Waals surface area contributed by atoms with Crippen LogP contribution < -0.4 is 5.14 Å². The normalized spacial score (nSPS) is 20.3. The van der Waals surface area contributed by atoms with E-state index >= 15 is 0 Å². The van der Waals surface area contributed by atoms with Gasteiger partial charge in [0.2, 0.25) is 10.0 Å². The zero-order valence-electron chi connectivity index (χ0n) is 8.81. The summed E-state index contributed by atoms with van der Waals surface area (Å²) in [6, 6.07) is 0. The Balaban J connectivity index is 2.67. The largest absolute Gasteiger partial charge is 0.480 e. The molecule has 11 heteroatoms. The molecule has 17 heavy (non-hydrogen) atoms. The highest BCUT2D eigenvalue weighted by Gasteiger charge is 2.31. The van der Waals surface area contributed by atoms with Gasteiger partial charge in [0.05, 0.1) is 0 Å². The van der Waals surface area contributed by atoms with Crippen molar-refractivity contribution in [3.05, 3.63) is 0 Å². The van der Waals surface area contributed by atoms with Crippen molar-refractivity contribution in [3.8, 4) is 0 Å². The Bertz CT molecular complexity index is 490. The van der Waals surface area contributed by atoms with Crippen LogP contribution in [0, 0.1) is 0 Å². The number of hydrogen-bond acceptors (Lipinski definition) is 5. The quantitative estimate of drug-likeness (QED) is 0.573. The molecule has 1 rings (SSSR count). The second-order valence-electron chi connectivity index (χ2n) is 3.49. The molecular weight excluding hydrogens is 274 g/mol. The van der Waals surface area contributed by atoms with Gasteiger partial charge in [-0.2, -0.15) is 17.0 Å². The molecule has 0 amide bonds. The van der Waals surface area contributed by atoms with Gasteiger partial charge in [0.15, 0.2) is 5.75 Å². The first-order valence-corrected chi connectivity index (χ1v) is 7.71. The van der Waals surface area contributed by atoms with E-state index in [0.29, 0.717) is 0 Å². The molecule has 0 aromatic rings. The van der Waals surface area contributed by atoms with Gasteiger partial charge in [0.25, 0.3) is 10.2 Å². The lowest BCUT2D eigenvalue weighted by atomic mass is 10.4. The Kier molecular flexibility index (Phi) is 4.09. The van der Waals surface area contributed by atoms with Crippen molar-refractivity contribution in [1.82, 2.24) is 8.61 Å².